The summed E-state index contributed by atoms with van der Waals surface area (Å²) < 4.78 is 0. The lowest BCUT2D eigenvalue weighted by molar-refractivity contribution is 0.317. The summed E-state index contributed by atoms with van der Waals surface area (Å²) in [5.74, 6) is 0.511. The predicted molar refractivity (Wildman–Crippen MR) is 70.9 cm³/mol. The number of fused-ring (bicyclic) bond motifs is 1. The molecule has 2 rings (SSSR count). The van der Waals surface area contributed by atoms with Crippen molar-refractivity contribution in [2.24, 2.45) is 11.1 Å². The van der Waals surface area contributed by atoms with Crippen LogP contribution in [0.2, 0.25) is 0 Å². The van der Waals surface area contributed by atoms with Crippen LogP contribution in [0.15, 0.2) is 23.4 Å². The second-order valence-electron chi connectivity index (χ2n) is 5.34. The summed E-state index contributed by atoms with van der Waals surface area (Å²) >= 11 is 0. The van der Waals surface area contributed by atoms with Crippen molar-refractivity contribution in [1.29, 1.82) is 0 Å². The molecule has 2 nitrogen and oxygen atoms in total. The topological polar surface area (TPSA) is 32.6 Å². The Hall–Kier alpha value is -1.31. The molecule has 0 aromatic heterocycles. The Morgan fingerprint density at radius 3 is 2.59 bits per heavy atom. The van der Waals surface area contributed by atoms with Gasteiger partial charge < -0.3 is 5.21 Å². The minimum absolute atomic E-state index is 0.511. The largest absolute Gasteiger partial charge is 0.411 e. The maximum atomic E-state index is 9.12. The molecule has 1 aliphatic carbocycles. The van der Waals surface area contributed by atoms with E-state index >= 15 is 0 Å². The third-order valence-electron chi connectivity index (χ3n) is 3.40. The average molecular weight is 231 g/mol. The van der Waals surface area contributed by atoms with Crippen LogP contribution in [0.4, 0.5) is 0 Å². The summed E-state index contributed by atoms with van der Waals surface area (Å²) in [6.07, 6.45) is 5.79. The van der Waals surface area contributed by atoms with Crippen LogP contribution in [0.25, 0.3) is 0 Å². The first kappa shape index (κ1) is 12.2. The van der Waals surface area contributed by atoms with Crippen LogP contribution in [0.5, 0.6) is 0 Å². The molecule has 0 atom stereocenters. The summed E-state index contributed by atoms with van der Waals surface area (Å²) in [7, 11) is 0. The van der Waals surface area contributed by atoms with Crippen LogP contribution in [0, 0.1) is 5.92 Å². The molecule has 1 aromatic rings. The molecule has 0 bridgehead atoms. The summed E-state index contributed by atoms with van der Waals surface area (Å²) in [6.45, 7) is 4.28. The van der Waals surface area contributed by atoms with Crippen molar-refractivity contribution < 1.29 is 5.21 Å². The zero-order chi connectivity index (χ0) is 12.3. The third kappa shape index (κ3) is 2.87. The van der Waals surface area contributed by atoms with Crippen molar-refractivity contribution >= 4 is 5.71 Å². The van der Waals surface area contributed by atoms with Crippen LogP contribution >= 0.6 is 0 Å². The highest BCUT2D eigenvalue weighted by molar-refractivity contribution is 6.00. The normalized spacial score (nSPS) is 16.1. The van der Waals surface area contributed by atoms with E-state index in [0.29, 0.717) is 5.92 Å². The number of rotatable bonds is 3. The first-order valence-corrected chi connectivity index (χ1v) is 6.54. The number of benzene rings is 1. The lowest BCUT2D eigenvalue weighted by atomic mass is 9.88. The van der Waals surface area contributed by atoms with Gasteiger partial charge in [0.25, 0.3) is 0 Å². The van der Waals surface area contributed by atoms with E-state index in [1.165, 1.54) is 36.8 Å². The van der Waals surface area contributed by atoms with Crippen LogP contribution in [0.3, 0.4) is 0 Å². The molecule has 1 aliphatic rings. The van der Waals surface area contributed by atoms with Gasteiger partial charge in [-0.2, -0.15) is 0 Å². The van der Waals surface area contributed by atoms with Gasteiger partial charge in [0.2, 0.25) is 0 Å². The van der Waals surface area contributed by atoms with E-state index < -0.39 is 0 Å². The fourth-order valence-electron chi connectivity index (χ4n) is 2.52. The first-order valence-electron chi connectivity index (χ1n) is 6.54. The number of nitrogens with zero attached hydrogens (tertiary/aromatic N) is 1. The maximum Gasteiger partial charge on any atom is 0.0870 e. The standard InChI is InChI=1S/C15H21NO/c1-11(2)9-15(16-17)14-8-7-12-5-3-4-6-13(12)10-14/h7-8,10-11,17H,3-6,9H2,1-2H3/b16-15+. The highest BCUT2D eigenvalue weighted by Crippen LogP contribution is 2.23. The summed E-state index contributed by atoms with van der Waals surface area (Å²) in [4.78, 5) is 0. The molecular formula is C15H21NO. The monoisotopic (exact) mass is 231 g/mol. The highest BCUT2D eigenvalue weighted by atomic mass is 16.4. The Balaban J connectivity index is 2.26. The van der Waals surface area contributed by atoms with Gasteiger partial charge in [-0.25, -0.2) is 0 Å². The van der Waals surface area contributed by atoms with Gasteiger partial charge in [-0.3, -0.25) is 0 Å². The summed E-state index contributed by atoms with van der Waals surface area (Å²) in [5, 5.41) is 12.6. The highest BCUT2D eigenvalue weighted by Gasteiger charge is 2.13. The molecular weight excluding hydrogens is 210 g/mol. The number of hydrogen-bond acceptors (Lipinski definition) is 2. The van der Waals surface area contributed by atoms with E-state index in [4.69, 9.17) is 5.21 Å². The minimum Gasteiger partial charge on any atom is -0.411 e. The van der Waals surface area contributed by atoms with Crippen LogP contribution in [0.1, 0.15) is 49.8 Å². The third-order valence-corrected chi connectivity index (χ3v) is 3.40. The SMILES string of the molecule is CC(C)C/C(=N\O)c1ccc2c(c1)CCCC2. The van der Waals surface area contributed by atoms with E-state index in [1.807, 2.05) is 0 Å². The molecule has 0 aliphatic heterocycles. The van der Waals surface area contributed by atoms with E-state index in [1.54, 1.807) is 0 Å². The number of hydrogen-bond donors (Lipinski definition) is 1. The van der Waals surface area contributed by atoms with Gasteiger partial charge in [-0.1, -0.05) is 31.1 Å². The zero-order valence-corrected chi connectivity index (χ0v) is 10.7. The van der Waals surface area contributed by atoms with Crippen molar-refractivity contribution in [1.82, 2.24) is 0 Å². The Labute approximate surface area is 103 Å². The van der Waals surface area contributed by atoms with E-state index in [2.05, 4.69) is 37.2 Å². The average Bonchev–Trinajstić information content (AvgIpc) is 2.35. The summed E-state index contributed by atoms with van der Waals surface area (Å²) in [5.41, 5.74) is 4.82. The Morgan fingerprint density at radius 1 is 1.24 bits per heavy atom. The molecule has 0 fully saturated rings. The molecule has 17 heavy (non-hydrogen) atoms. The molecule has 0 amide bonds. The van der Waals surface area contributed by atoms with Crippen LogP contribution < -0.4 is 0 Å². The fourth-order valence-corrected chi connectivity index (χ4v) is 2.52. The molecule has 2 heteroatoms. The lowest BCUT2D eigenvalue weighted by Crippen LogP contribution is -2.09. The van der Waals surface area contributed by atoms with E-state index in [0.717, 1.165) is 17.7 Å². The fraction of sp³-hybridized carbons (Fsp3) is 0.533. The Morgan fingerprint density at radius 2 is 1.94 bits per heavy atom. The van der Waals surface area contributed by atoms with Crippen LogP contribution in [-0.2, 0) is 12.8 Å². The van der Waals surface area contributed by atoms with Gasteiger partial charge in [-0.15, -0.1) is 0 Å². The molecule has 0 spiro atoms. The molecule has 0 radical (unpaired) electrons. The molecule has 0 saturated heterocycles. The molecule has 0 saturated carbocycles. The molecule has 0 unspecified atom stereocenters. The number of aryl methyl sites for hydroxylation is 2. The van der Waals surface area contributed by atoms with Gasteiger partial charge in [0.05, 0.1) is 5.71 Å². The zero-order valence-electron chi connectivity index (χ0n) is 10.7. The lowest BCUT2D eigenvalue weighted by Gasteiger charge is -2.17. The molecule has 1 aromatic carbocycles. The molecule has 1 N–H and O–H groups in total. The van der Waals surface area contributed by atoms with Gasteiger partial charge in [-0.05, 0) is 60.8 Å². The predicted octanol–water partition coefficient (Wildman–Crippen LogP) is 3.79. The van der Waals surface area contributed by atoms with Crippen LogP contribution in [-0.4, -0.2) is 10.9 Å². The van der Waals surface area contributed by atoms with Crippen molar-refractivity contribution in [3.63, 3.8) is 0 Å². The number of oxime groups is 1. The maximum absolute atomic E-state index is 9.12. The second-order valence-corrected chi connectivity index (χ2v) is 5.34. The van der Waals surface area contributed by atoms with E-state index in [9.17, 15) is 0 Å². The Kier molecular flexibility index (Phi) is 3.82. The summed E-state index contributed by atoms with van der Waals surface area (Å²) in [6, 6.07) is 6.52. The van der Waals surface area contributed by atoms with E-state index in [-0.39, 0.29) is 0 Å². The van der Waals surface area contributed by atoms with Crippen molar-refractivity contribution in [2.75, 3.05) is 0 Å². The van der Waals surface area contributed by atoms with Gasteiger partial charge >= 0.3 is 0 Å². The van der Waals surface area contributed by atoms with Gasteiger partial charge in [0, 0.05) is 0 Å². The van der Waals surface area contributed by atoms with Gasteiger partial charge in [0.1, 0.15) is 0 Å². The second kappa shape index (κ2) is 5.35. The molecule has 92 valence electrons. The van der Waals surface area contributed by atoms with Crippen molar-refractivity contribution in [2.45, 2.75) is 46.0 Å². The van der Waals surface area contributed by atoms with Gasteiger partial charge in [0.15, 0.2) is 0 Å². The van der Waals surface area contributed by atoms with Crippen molar-refractivity contribution in [3.8, 4) is 0 Å². The quantitative estimate of drug-likeness (QED) is 0.479. The Bertz CT molecular complexity index is 421. The smallest absolute Gasteiger partial charge is 0.0870 e. The molecule has 0 heterocycles. The first-order chi connectivity index (χ1) is 8.20. The minimum atomic E-state index is 0.511. The van der Waals surface area contributed by atoms with Crippen molar-refractivity contribution in [3.05, 3.63) is 34.9 Å².